The van der Waals surface area contributed by atoms with Gasteiger partial charge in [0.25, 0.3) is 5.69 Å². The average Bonchev–Trinajstić information content (AvgIpc) is 3.25. The van der Waals surface area contributed by atoms with Crippen LogP contribution in [0.15, 0.2) is 53.1 Å². The Balaban J connectivity index is 1.49. The van der Waals surface area contributed by atoms with Crippen LogP contribution in [0.1, 0.15) is 112 Å². The second-order valence-corrected chi connectivity index (χ2v) is 15.5. The maximum absolute atomic E-state index is 14.0. The van der Waals surface area contributed by atoms with Crippen LogP contribution >= 0.6 is 0 Å². The van der Waals surface area contributed by atoms with Crippen molar-refractivity contribution in [3.63, 3.8) is 0 Å². The molecule has 0 radical (unpaired) electrons. The van der Waals surface area contributed by atoms with Crippen molar-refractivity contribution in [1.29, 1.82) is 0 Å². The van der Waals surface area contributed by atoms with Crippen molar-refractivity contribution in [2.75, 3.05) is 0 Å². The van der Waals surface area contributed by atoms with E-state index in [1.807, 2.05) is 12.1 Å². The van der Waals surface area contributed by atoms with E-state index in [9.17, 15) is 14.9 Å². The lowest BCUT2D eigenvalue weighted by atomic mass is 9.35. The highest BCUT2D eigenvalue weighted by molar-refractivity contribution is 6.04. The summed E-state index contributed by atoms with van der Waals surface area (Å²) in [5, 5.41) is 11.4. The number of carbonyl (C=O) groups is 1. The normalized spacial score (nSPS) is 39.1. The van der Waals surface area contributed by atoms with Gasteiger partial charge in [-0.05, 0) is 129 Å². The number of non-ortho nitro benzene ring substituents is 1. The minimum Gasteiger partial charge on any atom is -0.294 e. The van der Waals surface area contributed by atoms with Crippen LogP contribution in [0.25, 0.3) is 6.08 Å². The van der Waals surface area contributed by atoms with E-state index in [1.165, 1.54) is 43.7 Å². The fraction of sp³-hybridized carbons (Fsp3) is 0.649. The van der Waals surface area contributed by atoms with Crippen molar-refractivity contribution in [3.8, 4) is 0 Å². The molecule has 4 nitrogen and oxygen atoms in total. The summed E-state index contributed by atoms with van der Waals surface area (Å²) >= 11 is 0. The summed E-state index contributed by atoms with van der Waals surface area (Å²) in [7, 11) is 0. The molecule has 222 valence electrons. The molecule has 4 fully saturated rings. The molecule has 0 N–H and O–H groups in total. The number of allylic oxidation sites excluding steroid dienone is 5. The van der Waals surface area contributed by atoms with Gasteiger partial charge in [0.15, 0.2) is 5.78 Å². The van der Waals surface area contributed by atoms with Crippen molar-refractivity contribution in [1.82, 2.24) is 0 Å². The molecule has 1 aromatic rings. The Labute approximate surface area is 247 Å². The molecule has 5 rings (SSSR count). The molecular weight excluding hydrogens is 506 g/mol. The van der Waals surface area contributed by atoms with Crippen LogP contribution in [0.2, 0.25) is 0 Å². The van der Waals surface area contributed by atoms with Gasteiger partial charge in [-0.25, -0.2) is 0 Å². The van der Waals surface area contributed by atoms with Gasteiger partial charge >= 0.3 is 0 Å². The summed E-state index contributed by atoms with van der Waals surface area (Å²) in [4.78, 5) is 25.1. The number of rotatable bonds is 5. The van der Waals surface area contributed by atoms with Crippen molar-refractivity contribution < 1.29 is 9.72 Å². The summed E-state index contributed by atoms with van der Waals surface area (Å²) in [5.41, 5.74) is 4.78. The topological polar surface area (TPSA) is 60.2 Å². The van der Waals surface area contributed by atoms with Gasteiger partial charge in [0, 0.05) is 17.5 Å². The molecule has 0 spiro atoms. The first-order chi connectivity index (χ1) is 19.1. The summed E-state index contributed by atoms with van der Waals surface area (Å²) < 4.78 is 0. The van der Waals surface area contributed by atoms with Crippen LogP contribution in [0, 0.1) is 55.4 Å². The van der Waals surface area contributed by atoms with E-state index in [1.54, 1.807) is 17.7 Å². The highest BCUT2D eigenvalue weighted by atomic mass is 16.6. The molecule has 4 aliphatic rings. The molecule has 4 saturated carbocycles. The Morgan fingerprint density at radius 3 is 2.34 bits per heavy atom. The SMILES string of the molecule is CC(C)=CC/C=C(/C)[C@H]1CC[C@]2(C)[C@@H]1CC[C@@H]1[C@@]3(C)C/C(=C/c4cccc([N+](=O)[O-])c4)C(=O)C(C)(C)[C@@H]3CC[C@]12C. The van der Waals surface area contributed by atoms with Crippen LogP contribution in [0.5, 0.6) is 0 Å². The van der Waals surface area contributed by atoms with Crippen molar-refractivity contribution >= 4 is 17.5 Å². The van der Waals surface area contributed by atoms with Gasteiger partial charge in [-0.15, -0.1) is 0 Å². The number of hydrogen-bond acceptors (Lipinski definition) is 3. The number of carbonyl (C=O) groups excluding carboxylic acids is 1. The standard InChI is InChI=1S/C37H51NO3/c1-24(2)11-9-12-25(3)29-17-19-36(7)30(29)15-16-32-35(6)23-27(21-26-13-10-14-28(22-26)38(40)41)33(39)34(4,5)31(35)18-20-37(32,36)8/h10-14,21-22,29-32H,9,15-20,23H2,1-8H3/b25-12-,27-21-/t29-,30-,31+,32-,35+,36-,37-/m1/s1. The van der Waals surface area contributed by atoms with E-state index in [2.05, 4.69) is 67.5 Å². The number of nitro benzene ring substituents is 1. The number of nitro groups is 1. The number of ketones is 1. The summed E-state index contributed by atoms with van der Waals surface area (Å²) in [6.07, 6.45) is 16.0. The molecular formula is C37H51NO3. The Morgan fingerprint density at radius 2 is 1.66 bits per heavy atom. The van der Waals surface area contributed by atoms with Crippen LogP contribution in [0.4, 0.5) is 5.69 Å². The van der Waals surface area contributed by atoms with Crippen molar-refractivity contribution in [2.45, 2.75) is 107 Å². The lowest BCUT2D eigenvalue weighted by molar-refractivity contribution is -0.384. The Kier molecular flexibility index (Phi) is 7.57. The lowest BCUT2D eigenvalue weighted by Crippen LogP contribution is -2.63. The van der Waals surface area contributed by atoms with Gasteiger partial charge in [-0.3, -0.25) is 14.9 Å². The molecule has 0 unspecified atom stereocenters. The maximum atomic E-state index is 14.0. The van der Waals surface area contributed by atoms with E-state index in [4.69, 9.17) is 0 Å². The van der Waals surface area contributed by atoms with Crippen LogP contribution < -0.4 is 0 Å². The van der Waals surface area contributed by atoms with Gasteiger partial charge in [0.05, 0.1) is 4.92 Å². The van der Waals surface area contributed by atoms with Gasteiger partial charge in [-0.2, -0.15) is 0 Å². The smallest absolute Gasteiger partial charge is 0.270 e. The minimum absolute atomic E-state index is 0.0252. The Bertz CT molecular complexity index is 1330. The summed E-state index contributed by atoms with van der Waals surface area (Å²) in [6.45, 7) is 18.8. The predicted octanol–water partition coefficient (Wildman–Crippen LogP) is 10.1. The van der Waals surface area contributed by atoms with E-state index in [0.29, 0.717) is 23.2 Å². The first-order valence-corrected chi connectivity index (χ1v) is 15.9. The lowest BCUT2D eigenvalue weighted by Gasteiger charge is -2.69. The molecule has 0 aliphatic heterocycles. The first kappa shape index (κ1) is 30.0. The number of hydrogen-bond donors (Lipinski definition) is 0. The highest BCUT2D eigenvalue weighted by Gasteiger charge is 2.69. The van der Waals surface area contributed by atoms with E-state index >= 15 is 0 Å². The second-order valence-electron chi connectivity index (χ2n) is 15.5. The number of benzene rings is 1. The molecule has 0 aromatic heterocycles. The molecule has 4 aliphatic carbocycles. The third-order valence-electron chi connectivity index (χ3n) is 13.0. The molecule has 7 atom stereocenters. The monoisotopic (exact) mass is 557 g/mol. The third-order valence-corrected chi connectivity index (χ3v) is 13.0. The van der Waals surface area contributed by atoms with Gasteiger partial charge in [0.1, 0.15) is 0 Å². The highest BCUT2D eigenvalue weighted by Crippen LogP contribution is 2.75. The molecule has 41 heavy (non-hydrogen) atoms. The van der Waals surface area contributed by atoms with E-state index < -0.39 is 5.41 Å². The van der Waals surface area contributed by atoms with Crippen molar-refractivity contribution in [3.05, 3.63) is 68.8 Å². The van der Waals surface area contributed by atoms with Crippen LogP contribution in [-0.4, -0.2) is 10.7 Å². The van der Waals surface area contributed by atoms with Crippen LogP contribution in [-0.2, 0) is 4.79 Å². The number of Topliss-reactive ketones (excluding diaryl/α,β-unsaturated/α-hetero) is 1. The molecule has 0 amide bonds. The van der Waals surface area contributed by atoms with Gasteiger partial charge in [0.2, 0.25) is 0 Å². The molecule has 0 heterocycles. The largest absolute Gasteiger partial charge is 0.294 e. The molecule has 4 heteroatoms. The zero-order valence-electron chi connectivity index (χ0n) is 26.7. The van der Waals surface area contributed by atoms with Gasteiger partial charge in [-0.1, -0.05) is 70.0 Å². The number of fused-ring (bicyclic) bond motifs is 5. The summed E-state index contributed by atoms with van der Waals surface area (Å²) in [6, 6.07) is 6.73. The number of nitrogens with zero attached hydrogens (tertiary/aromatic N) is 1. The predicted molar refractivity (Wildman–Crippen MR) is 168 cm³/mol. The van der Waals surface area contributed by atoms with Gasteiger partial charge < -0.3 is 0 Å². The minimum atomic E-state index is -0.443. The fourth-order valence-corrected chi connectivity index (χ4v) is 10.8. The molecule has 0 saturated heterocycles. The maximum Gasteiger partial charge on any atom is 0.270 e. The van der Waals surface area contributed by atoms with Crippen molar-refractivity contribution in [2.24, 2.45) is 45.3 Å². The fourth-order valence-electron chi connectivity index (χ4n) is 10.8. The summed E-state index contributed by atoms with van der Waals surface area (Å²) in [5.74, 6) is 2.55. The second kappa shape index (κ2) is 10.3. The quantitative estimate of drug-likeness (QED) is 0.157. The Hall–Kier alpha value is -2.49. The first-order valence-electron chi connectivity index (χ1n) is 15.9. The van der Waals surface area contributed by atoms with E-state index in [-0.39, 0.29) is 27.2 Å². The van der Waals surface area contributed by atoms with E-state index in [0.717, 1.165) is 36.3 Å². The van der Waals surface area contributed by atoms with Crippen LogP contribution in [0.3, 0.4) is 0 Å². The average molecular weight is 558 g/mol. The molecule has 0 bridgehead atoms. The zero-order valence-corrected chi connectivity index (χ0v) is 26.7. The Morgan fingerprint density at radius 1 is 0.951 bits per heavy atom. The molecule has 1 aromatic carbocycles. The third kappa shape index (κ3) is 4.68. The zero-order chi connectivity index (χ0) is 30.0.